The molecular formula is C14H24ClN3O. The largest absolute Gasteiger partial charge is 0.395 e. The third kappa shape index (κ3) is 3.30. The van der Waals surface area contributed by atoms with E-state index in [2.05, 4.69) is 16.9 Å². The number of aryl methyl sites for hydroxylation is 2. The fraction of sp³-hybridized carbons (Fsp3) is 0.786. The van der Waals surface area contributed by atoms with Crippen LogP contribution < -0.4 is 0 Å². The number of rotatable bonds is 4. The predicted octanol–water partition coefficient (Wildman–Crippen LogP) is 2.60. The molecule has 1 aliphatic heterocycles. The molecule has 108 valence electrons. The van der Waals surface area contributed by atoms with Crippen molar-refractivity contribution in [2.24, 2.45) is 0 Å². The molecule has 5 heteroatoms. The third-order valence-electron chi connectivity index (χ3n) is 4.02. The maximum absolute atomic E-state index is 9.57. The summed E-state index contributed by atoms with van der Waals surface area (Å²) in [5.41, 5.74) is 1.98. The van der Waals surface area contributed by atoms with Crippen LogP contribution in [0.25, 0.3) is 0 Å². The summed E-state index contributed by atoms with van der Waals surface area (Å²) < 4.78 is 1.98. The number of halogens is 1. The minimum absolute atomic E-state index is 0.233. The second-order valence-corrected chi connectivity index (χ2v) is 5.70. The maximum Gasteiger partial charge on any atom is 0.0860 e. The molecule has 1 atom stereocenters. The first-order valence-corrected chi connectivity index (χ1v) is 7.61. The zero-order valence-corrected chi connectivity index (χ0v) is 12.7. The Kier molecular flexibility index (Phi) is 5.25. The number of aliphatic hydroxyl groups excluding tert-OH is 1. The average molecular weight is 286 g/mol. The van der Waals surface area contributed by atoms with Crippen LogP contribution in [0.2, 0.25) is 5.02 Å². The Hall–Kier alpha value is -0.580. The van der Waals surface area contributed by atoms with E-state index >= 15 is 0 Å². The molecule has 1 aliphatic rings. The van der Waals surface area contributed by atoms with E-state index in [-0.39, 0.29) is 12.6 Å². The molecule has 0 saturated carbocycles. The van der Waals surface area contributed by atoms with Gasteiger partial charge in [0, 0.05) is 19.1 Å². The number of aromatic nitrogens is 2. The quantitative estimate of drug-likeness (QED) is 0.924. The number of nitrogens with zero attached hydrogens (tertiary/aromatic N) is 3. The lowest BCUT2D eigenvalue weighted by Gasteiger charge is -2.28. The number of hydrogen-bond donors (Lipinski definition) is 1. The van der Waals surface area contributed by atoms with Crippen molar-refractivity contribution in [2.75, 3.05) is 13.2 Å². The van der Waals surface area contributed by atoms with Crippen molar-refractivity contribution < 1.29 is 5.11 Å². The van der Waals surface area contributed by atoms with Crippen LogP contribution in [-0.2, 0) is 13.1 Å². The molecule has 19 heavy (non-hydrogen) atoms. The molecule has 0 aromatic carbocycles. The molecule has 4 nitrogen and oxygen atoms in total. The average Bonchev–Trinajstić information content (AvgIpc) is 2.60. The first-order valence-electron chi connectivity index (χ1n) is 7.24. The Morgan fingerprint density at radius 1 is 1.37 bits per heavy atom. The smallest absolute Gasteiger partial charge is 0.0860 e. The highest BCUT2D eigenvalue weighted by molar-refractivity contribution is 6.31. The summed E-state index contributed by atoms with van der Waals surface area (Å²) in [5.74, 6) is 0. The van der Waals surface area contributed by atoms with Crippen LogP contribution >= 0.6 is 11.6 Å². The molecule has 1 aromatic heterocycles. The molecule has 1 saturated heterocycles. The van der Waals surface area contributed by atoms with Gasteiger partial charge in [-0.2, -0.15) is 5.10 Å². The summed E-state index contributed by atoms with van der Waals surface area (Å²) >= 11 is 6.37. The zero-order valence-electron chi connectivity index (χ0n) is 11.9. The summed E-state index contributed by atoms with van der Waals surface area (Å²) in [6.45, 7) is 6.92. The highest BCUT2D eigenvalue weighted by Crippen LogP contribution is 2.25. The molecule has 1 aromatic rings. The zero-order chi connectivity index (χ0) is 13.8. The molecule has 0 amide bonds. The van der Waals surface area contributed by atoms with Gasteiger partial charge in [-0.05, 0) is 33.2 Å². The Labute approximate surface area is 120 Å². The van der Waals surface area contributed by atoms with Gasteiger partial charge < -0.3 is 5.11 Å². The van der Waals surface area contributed by atoms with Gasteiger partial charge in [-0.25, -0.2) is 0 Å². The standard InChI is InChI=1S/C14H24ClN3O/c1-3-18-13(14(15)11(2)16-18)9-17-8-6-4-5-7-12(17)10-19/h12,19H,3-10H2,1-2H3. The van der Waals surface area contributed by atoms with Gasteiger partial charge in [-0.3, -0.25) is 9.58 Å². The Balaban J connectivity index is 2.18. The highest BCUT2D eigenvalue weighted by Gasteiger charge is 2.23. The Morgan fingerprint density at radius 2 is 2.16 bits per heavy atom. The molecule has 2 rings (SSSR count). The molecule has 0 spiro atoms. The van der Waals surface area contributed by atoms with E-state index in [1.807, 2.05) is 11.6 Å². The fourth-order valence-electron chi connectivity index (χ4n) is 2.86. The molecule has 1 unspecified atom stereocenters. The maximum atomic E-state index is 9.57. The summed E-state index contributed by atoms with van der Waals surface area (Å²) in [4.78, 5) is 2.36. The van der Waals surface area contributed by atoms with Crippen molar-refractivity contribution >= 4 is 11.6 Å². The first kappa shape index (κ1) is 14.8. The van der Waals surface area contributed by atoms with Crippen LogP contribution in [0.4, 0.5) is 0 Å². The van der Waals surface area contributed by atoms with Gasteiger partial charge in [0.05, 0.1) is 23.0 Å². The first-order chi connectivity index (χ1) is 9.17. The molecule has 1 N–H and O–H groups in total. The van der Waals surface area contributed by atoms with Crippen molar-refractivity contribution in [3.8, 4) is 0 Å². The van der Waals surface area contributed by atoms with E-state index in [1.165, 1.54) is 19.3 Å². The molecule has 0 bridgehead atoms. The number of likely N-dealkylation sites (tertiary alicyclic amines) is 1. The van der Waals surface area contributed by atoms with E-state index in [9.17, 15) is 5.11 Å². The minimum atomic E-state index is 0.233. The highest BCUT2D eigenvalue weighted by atomic mass is 35.5. The Bertz CT molecular complexity index is 419. The molecule has 0 radical (unpaired) electrons. The summed E-state index contributed by atoms with van der Waals surface area (Å²) in [5, 5.41) is 14.8. The van der Waals surface area contributed by atoms with E-state index in [4.69, 9.17) is 11.6 Å². The van der Waals surface area contributed by atoms with E-state index in [1.54, 1.807) is 0 Å². The summed E-state index contributed by atoms with van der Waals surface area (Å²) in [6.07, 6.45) is 4.75. The topological polar surface area (TPSA) is 41.3 Å². The van der Waals surface area contributed by atoms with Gasteiger partial charge in [0.25, 0.3) is 0 Å². The van der Waals surface area contributed by atoms with Crippen molar-refractivity contribution in [3.05, 3.63) is 16.4 Å². The van der Waals surface area contributed by atoms with Crippen LogP contribution in [0, 0.1) is 6.92 Å². The van der Waals surface area contributed by atoms with Gasteiger partial charge in [-0.15, -0.1) is 0 Å². The van der Waals surface area contributed by atoms with Gasteiger partial charge in [-0.1, -0.05) is 24.4 Å². The van der Waals surface area contributed by atoms with Crippen molar-refractivity contribution in [1.82, 2.24) is 14.7 Å². The van der Waals surface area contributed by atoms with E-state index < -0.39 is 0 Å². The minimum Gasteiger partial charge on any atom is -0.395 e. The molecule has 2 heterocycles. The van der Waals surface area contributed by atoms with Crippen LogP contribution in [0.15, 0.2) is 0 Å². The normalized spacial score (nSPS) is 21.6. The van der Waals surface area contributed by atoms with Crippen molar-refractivity contribution in [1.29, 1.82) is 0 Å². The van der Waals surface area contributed by atoms with E-state index in [0.29, 0.717) is 0 Å². The van der Waals surface area contributed by atoms with Crippen LogP contribution in [-0.4, -0.2) is 39.0 Å². The SMILES string of the molecule is CCn1nc(C)c(Cl)c1CN1CCCCCC1CO. The van der Waals surface area contributed by atoms with Gasteiger partial charge in [0.1, 0.15) is 0 Å². The van der Waals surface area contributed by atoms with Crippen molar-refractivity contribution in [3.63, 3.8) is 0 Å². The van der Waals surface area contributed by atoms with Crippen molar-refractivity contribution in [2.45, 2.75) is 58.7 Å². The lowest BCUT2D eigenvalue weighted by Crippen LogP contribution is -2.37. The number of aliphatic hydroxyl groups is 1. The van der Waals surface area contributed by atoms with Crippen LogP contribution in [0.5, 0.6) is 0 Å². The van der Waals surface area contributed by atoms with Gasteiger partial charge >= 0.3 is 0 Å². The summed E-state index contributed by atoms with van der Waals surface area (Å²) in [6, 6.07) is 0.263. The van der Waals surface area contributed by atoms with Crippen LogP contribution in [0.3, 0.4) is 0 Å². The second kappa shape index (κ2) is 6.73. The second-order valence-electron chi connectivity index (χ2n) is 5.32. The van der Waals surface area contributed by atoms with E-state index in [0.717, 1.165) is 42.5 Å². The Morgan fingerprint density at radius 3 is 2.84 bits per heavy atom. The molecular weight excluding hydrogens is 262 g/mol. The van der Waals surface area contributed by atoms with Gasteiger partial charge in [0.15, 0.2) is 0 Å². The predicted molar refractivity (Wildman–Crippen MR) is 77.4 cm³/mol. The molecule has 0 aliphatic carbocycles. The fourth-order valence-corrected chi connectivity index (χ4v) is 3.06. The third-order valence-corrected chi connectivity index (χ3v) is 4.51. The van der Waals surface area contributed by atoms with Gasteiger partial charge in [0.2, 0.25) is 0 Å². The lowest BCUT2D eigenvalue weighted by atomic mass is 10.1. The monoisotopic (exact) mass is 285 g/mol. The number of hydrogen-bond acceptors (Lipinski definition) is 3. The lowest BCUT2D eigenvalue weighted by molar-refractivity contribution is 0.116. The summed E-state index contributed by atoms with van der Waals surface area (Å²) in [7, 11) is 0. The van der Waals surface area contributed by atoms with Crippen LogP contribution in [0.1, 0.15) is 44.0 Å². The molecule has 1 fully saturated rings.